The number of piperidine rings is 3. The van der Waals surface area contributed by atoms with Gasteiger partial charge >= 0.3 is 0 Å². The molecular formula is C23H28N2. The predicted molar refractivity (Wildman–Crippen MR) is 104 cm³/mol. The van der Waals surface area contributed by atoms with Crippen LogP contribution in [0, 0.1) is 11.8 Å². The van der Waals surface area contributed by atoms with Crippen LogP contribution in [0.5, 0.6) is 0 Å². The molecule has 3 fully saturated rings. The van der Waals surface area contributed by atoms with E-state index in [1.54, 1.807) is 11.1 Å². The van der Waals surface area contributed by atoms with Gasteiger partial charge in [-0.1, -0.05) is 42.5 Å². The quantitative estimate of drug-likeness (QED) is 0.835. The van der Waals surface area contributed by atoms with Crippen molar-refractivity contribution in [3.05, 3.63) is 65.7 Å². The standard InChI is InChI=1S/C23H28N2/c1-2-8-22(9-3-1)25(17-21-16-24-12-10-18(21)11-13-24)23-14-19-6-4-5-7-20(19)15-23/h1-9,18,21,23H,10-17H2. The van der Waals surface area contributed by atoms with Crippen LogP contribution in [0.25, 0.3) is 0 Å². The van der Waals surface area contributed by atoms with Crippen molar-refractivity contribution < 1.29 is 0 Å². The summed E-state index contributed by atoms with van der Waals surface area (Å²) in [6, 6.07) is 20.8. The van der Waals surface area contributed by atoms with E-state index in [0.717, 1.165) is 11.8 Å². The molecule has 0 aromatic heterocycles. The number of rotatable bonds is 4. The molecule has 3 saturated heterocycles. The lowest BCUT2D eigenvalue weighted by Gasteiger charge is -2.47. The van der Waals surface area contributed by atoms with Gasteiger partial charge in [-0.3, -0.25) is 0 Å². The molecule has 2 nitrogen and oxygen atoms in total. The van der Waals surface area contributed by atoms with Gasteiger partial charge in [-0.2, -0.15) is 0 Å². The highest BCUT2D eigenvalue weighted by Gasteiger charge is 2.37. The fraction of sp³-hybridized carbons (Fsp3) is 0.478. The third-order valence-electron chi connectivity index (χ3n) is 6.78. The second-order valence-electron chi connectivity index (χ2n) is 8.22. The van der Waals surface area contributed by atoms with E-state index >= 15 is 0 Å². The molecule has 25 heavy (non-hydrogen) atoms. The summed E-state index contributed by atoms with van der Waals surface area (Å²) in [7, 11) is 0. The molecule has 0 amide bonds. The van der Waals surface area contributed by atoms with Crippen molar-refractivity contribution in [1.29, 1.82) is 0 Å². The van der Waals surface area contributed by atoms with E-state index in [9.17, 15) is 0 Å². The first-order valence-electron chi connectivity index (χ1n) is 9.97. The third kappa shape index (κ3) is 2.97. The first-order valence-corrected chi connectivity index (χ1v) is 9.97. The Morgan fingerprint density at radius 1 is 0.840 bits per heavy atom. The molecule has 1 aliphatic carbocycles. The SMILES string of the molecule is c1ccc(N(CC2CN3CCC2CC3)C2Cc3ccccc3C2)cc1. The molecule has 3 aliphatic heterocycles. The van der Waals surface area contributed by atoms with Crippen LogP contribution in [-0.2, 0) is 12.8 Å². The lowest BCUT2D eigenvalue weighted by atomic mass is 9.78. The van der Waals surface area contributed by atoms with Crippen LogP contribution in [0.4, 0.5) is 5.69 Å². The fourth-order valence-electron chi connectivity index (χ4n) is 5.39. The molecule has 0 saturated carbocycles. The lowest BCUT2D eigenvalue weighted by molar-refractivity contribution is 0.0535. The lowest BCUT2D eigenvalue weighted by Crippen LogP contribution is -2.52. The van der Waals surface area contributed by atoms with Gasteiger partial charge in [0.15, 0.2) is 0 Å². The van der Waals surface area contributed by atoms with Crippen molar-refractivity contribution in [1.82, 2.24) is 4.90 Å². The number of fused-ring (bicyclic) bond motifs is 4. The van der Waals surface area contributed by atoms with Gasteiger partial charge in [-0.05, 0) is 73.9 Å². The Bertz CT molecular complexity index is 693. The average molecular weight is 332 g/mol. The van der Waals surface area contributed by atoms with Crippen molar-refractivity contribution >= 4 is 5.69 Å². The summed E-state index contributed by atoms with van der Waals surface area (Å²) in [5.41, 5.74) is 4.53. The smallest absolute Gasteiger partial charge is 0.0370 e. The molecule has 0 radical (unpaired) electrons. The third-order valence-corrected chi connectivity index (χ3v) is 6.78. The van der Waals surface area contributed by atoms with E-state index in [4.69, 9.17) is 0 Å². The maximum atomic E-state index is 2.74. The molecule has 2 aromatic rings. The van der Waals surface area contributed by atoms with Gasteiger partial charge < -0.3 is 9.80 Å². The minimum atomic E-state index is 0.621. The van der Waals surface area contributed by atoms with E-state index in [0.29, 0.717) is 6.04 Å². The maximum Gasteiger partial charge on any atom is 0.0370 e. The Labute approximate surface area is 151 Å². The van der Waals surface area contributed by atoms with Crippen LogP contribution in [0.15, 0.2) is 54.6 Å². The second kappa shape index (κ2) is 6.49. The van der Waals surface area contributed by atoms with Crippen LogP contribution in [0.3, 0.4) is 0 Å². The number of hydrogen-bond acceptors (Lipinski definition) is 2. The van der Waals surface area contributed by atoms with Gasteiger partial charge in [0.05, 0.1) is 0 Å². The van der Waals surface area contributed by atoms with Crippen LogP contribution in [0.1, 0.15) is 24.0 Å². The average Bonchev–Trinajstić information content (AvgIpc) is 3.11. The van der Waals surface area contributed by atoms with Crippen LogP contribution < -0.4 is 4.90 Å². The monoisotopic (exact) mass is 332 g/mol. The molecule has 0 spiro atoms. The number of para-hydroxylation sites is 1. The molecular weight excluding hydrogens is 304 g/mol. The minimum absolute atomic E-state index is 0.621. The van der Waals surface area contributed by atoms with Crippen LogP contribution >= 0.6 is 0 Å². The molecule has 2 aromatic carbocycles. The topological polar surface area (TPSA) is 6.48 Å². The van der Waals surface area contributed by atoms with Gasteiger partial charge in [0.2, 0.25) is 0 Å². The Morgan fingerprint density at radius 3 is 2.08 bits per heavy atom. The maximum absolute atomic E-state index is 2.74. The molecule has 2 bridgehead atoms. The van der Waals surface area contributed by atoms with Gasteiger partial charge in [0.1, 0.15) is 0 Å². The van der Waals surface area contributed by atoms with Gasteiger partial charge in [-0.15, -0.1) is 0 Å². The Morgan fingerprint density at radius 2 is 1.48 bits per heavy atom. The zero-order chi connectivity index (χ0) is 16.6. The van der Waals surface area contributed by atoms with Crippen LogP contribution in [-0.4, -0.2) is 37.1 Å². The summed E-state index contributed by atoms with van der Waals surface area (Å²) in [5.74, 6) is 1.78. The van der Waals surface area contributed by atoms with Gasteiger partial charge in [-0.25, -0.2) is 0 Å². The number of benzene rings is 2. The number of hydrogen-bond donors (Lipinski definition) is 0. The zero-order valence-corrected chi connectivity index (χ0v) is 15.0. The van der Waals surface area contributed by atoms with Crippen molar-refractivity contribution in [2.75, 3.05) is 31.1 Å². The molecule has 3 heterocycles. The first-order chi connectivity index (χ1) is 12.4. The van der Waals surface area contributed by atoms with Crippen LogP contribution in [0.2, 0.25) is 0 Å². The Hall–Kier alpha value is -1.80. The molecule has 2 heteroatoms. The Balaban J connectivity index is 1.40. The Kier molecular flexibility index (Phi) is 4.01. The normalized spacial score (nSPS) is 28.1. The van der Waals surface area contributed by atoms with Crippen molar-refractivity contribution in [2.24, 2.45) is 11.8 Å². The summed E-state index contributed by atoms with van der Waals surface area (Å²) in [6.45, 7) is 5.21. The number of anilines is 1. The summed E-state index contributed by atoms with van der Waals surface area (Å²) in [5, 5.41) is 0. The summed E-state index contributed by atoms with van der Waals surface area (Å²) in [4.78, 5) is 5.43. The first kappa shape index (κ1) is 15.5. The highest BCUT2D eigenvalue weighted by Crippen LogP contribution is 2.36. The van der Waals surface area contributed by atoms with Gasteiger partial charge in [0.25, 0.3) is 0 Å². The van der Waals surface area contributed by atoms with E-state index in [1.165, 1.54) is 57.5 Å². The summed E-state index contributed by atoms with van der Waals surface area (Å²) >= 11 is 0. The highest BCUT2D eigenvalue weighted by atomic mass is 15.2. The molecule has 0 N–H and O–H groups in total. The van der Waals surface area contributed by atoms with E-state index in [2.05, 4.69) is 64.4 Å². The van der Waals surface area contributed by atoms with Crippen molar-refractivity contribution in [3.8, 4) is 0 Å². The van der Waals surface area contributed by atoms with Crippen molar-refractivity contribution in [3.63, 3.8) is 0 Å². The second-order valence-corrected chi connectivity index (χ2v) is 8.22. The minimum Gasteiger partial charge on any atom is -0.368 e. The van der Waals surface area contributed by atoms with E-state index in [1.807, 2.05) is 0 Å². The highest BCUT2D eigenvalue weighted by molar-refractivity contribution is 5.50. The zero-order valence-electron chi connectivity index (χ0n) is 15.0. The molecule has 4 aliphatic rings. The molecule has 1 atom stereocenters. The molecule has 1 unspecified atom stereocenters. The fourth-order valence-corrected chi connectivity index (χ4v) is 5.39. The van der Waals surface area contributed by atoms with Crippen molar-refractivity contribution in [2.45, 2.75) is 31.7 Å². The summed E-state index contributed by atoms with van der Waals surface area (Å²) < 4.78 is 0. The largest absolute Gasteiger partial charge is 0.368 e. The molecule has 130 valence electrons. The van der Waals surface area contributed by atoms with E-state index < -0.39 is 0 Å². The van der Waals surface area contributed by atoms with Gasteiger partial charge in [0, 0.05) is 24.8 Å². The summed E-state index contributed by atoms with van der Waals surface area (Å²) in [6.07, 6.45) is 5.23. The molecule has 6 rings (SSSR count). The predicted octanol–water partition coefficient (Wildman–Crippen LogP) is 4.00. The van der Waals surface area contributed by atoms with E-state index in [-0.39, 0.29) is 0 Å². The number of nitrogens with zero attached hydrogens (tertiary/aromatic N) is 2.